The molecule has 3 heterocycles. The Kier molecular flexibility index (Phi) is 8.13. The first-order valence-electron chi connectivity index (χ1n) is 12.7. The third-order valence-electron chi connectivity index (χ3n) is 6.40. The lowest BCUT2D eigenvalue weighted by Crippen LogP contribution is -2.38. The number of aromatic nitrogens is 4. The Hall–Kier alpha value is -3.69. The highest BCUT2D eigenvalue weighted by Crippen LogP contribution is 2.35. The fourth-order valence-corrected chi connectivity index (χ4v) is 4.71. The van der Waals surface area contributed by atoms with E-state index in [1.807, 2.05) is 69.6 Å². The van der Waals surface area contributed by atoms with Crippen molar-refractivity contribution >= 4 is 34.6 Å². The third kappa shape index (κ3) is 6.32. The number of hydrogen-bond donors (Lipinski definition) is 2. The monoisotopic (exact) mass is 550 g/mol. The molecule has 1 atom stereocenters. The number of anilines is 1. The Morgan fingerprint density at radius 2 is 1.87 bits per heavy atom. The van der Waals surface area contributed by atoms with Crippen LogP contribution in [0.15, 0.2) is 36.7 Å². The second-order valence-corrected chi connectivity index (χ2v) is 11.0. The average Bonchev–Trinajstić information content (AvgIpc) is 3.22. The second-order valence-electron chi connectivity index (χ2n) is 10.6. The van der Waals surface area contributed by atoms with Crippen LogP contribution >= 0.6 is 11.6 Å². The number of nitrogen functional groups attached to an aromatic ring is 1. The molecular formula is C29H35ClN6O3. The van der Waals surface area contributed by atoms with Gasteiger partial charge in [0.2, 0.25) is 5.95 Å². The minimum atomic E-state index is -0.524. The summed E-state index contributed by atoms with van der Waals surface area (Å²) in [6.45, 7) is 12.3. The Morgan fingerprint density at radius 1 is 1.18 bits per heavy atom. The minimum Gasteiger partial charge on any atom is -0.496 e. The summed E-state index contributed by atoms with van der Waals surface area (Å²) in [7, 11) is 1.66. The van der Waals surface area contributed by atoms with E-state index < -0.39 is 11.6 Å². The van der Waals surface area contributed by atoms with E-state index in [-0.39, 0.29) is 17.1 Å². The van der Waals surface area contributed by atoms with Gasteiger partial charge in [-0.2, -0.15) is 4.98 Å². The Balaban J connectivity index is 1.62. The van der Waals surface area contributed by atoms with Crippen LogP contribution in [0.4, 0.5) is 5.95 Å². The maximum Gasteiger partial charge on any atom is 0.323 e. The number of fused-ring (bicyclic) bond motifs is 1. The molecule has 0 aliphatic carbocycles. The van der Waals surface area contributed by atoms with Crippen molar-refractivity contribution in [1.29, 1.82) is 0 Å². The average molecular weight is 551 g/mol. The highest BCUT2D eigenvalue weighted by molar-refractivity contribution is 6.35. The highest BCUT2D eigenvalue weighted by atomic mass is 35.5. The maximum atomic E-state index is 12.3. The Bertz CT molecular complexity index is 1510. The van der Waals surface area contributed by atoms with Gasteiger partial charge in [0.1, 0.15) is 28.2 Å². The molecule has 3 N–H and O–H groups in total. The number of benzene rings is 1. The smallest absolute Gasteiger partial charge is 0.323 e. The van der Waals surface area contributed by atoms with Crippen molar-refractivity contribution in [2.24, 2.45) is 0 Å². The van der Waals surface area contributed by atoms with Gasteiger partial charge in [0.15, 0.2) is 0 Å². The van der Waals surface area contributed by atoms with Gasteiger partial charge in [-0.25, -0.2) is 4.98 Å². The zero-order valence-electron chi connectivity index (χ0n) is 23.4. The summed E-state index contributed by atoms with van der Waals surface area (Å²) in [5.41, 5.74) is 11.7. The zero-order valence-corrected chi connectivity index (χ0v) is 24.2. The van der Waals surface area contributed by atoms with Crippen molar-refractivity contribution in [3.05, 3.63) is 64.2 Å². The molecule has 1 aromatic carbocycles. The number of carbonyl (C=O) groups excluding carboxylic acids is 1. The first-order chi connectivity index (χ1) is 18.4. The number of carbonyl (C=O) groups is 1. The number of nitrogens with one attached hydrogen (secondary N) is 1. The van der Waals surface area contributed by atoms with Crippen molar-refractivity contribution in [2.75, 3.05) is 12.8 Å². The van der Waals surface area contributed by atoms with E-state index in [0.717, 1.165) is 39.3 Å². The quantitative estimate of drug-likeness (QED) is 0.226. The van der Waals surface area contributed by atoms with Gasteiger partial charge in [0.25, 0.3) is 0 Å². The fraction of sp³-hybridized carbons (Fsp3) is 0.379. The largest absolute Gasteiger partial charge is 0.496 e. The predicted molar refractivity (Wildman–Crippen MR) is 154 cm³/mol. The lowest BCUT2D eigenvalue weighted by atomic mass is 10.0. The number of methoxy groups -OCH3 is 1. The van der Waals surface area contributed by atoms with E-state index >= 15 is 0 Å². The Morgan fingerprint density at radius 3 is 2.51 bits per heavy atom. The number of nitrogens with zero attached hydrogens (tertiary/aromatic N) is 4. The van der Waals surface area contributed by atoms with Crippen molar-refractivity contribution in [3.8, 4) is 16.9 Å². The van der Waals surface area contributed by atoms with Gasteiger partial charge in [-0.1, -0.05) is 35.9 Å². The fourth-order valence-electron chi connectivity index (χ4n) is 4.44. The topological polar surface area (TPSA) is 117 Å². The molecule has 0 saturated carbocycles. The van der Waals surface area contributed by atoms with Crippen LogP contribution in [0.25, 0.3) is 22.2 Å². The number of hydrogen-bond acceptors (Lipinski definition) is 8. The van der Waals surface area contributed by atoms with Crippen LogP contribution in [-0.2, 0) is 22.6 Å². The molecule has 0 radical (unpaired) electrons. The van der Waals surface area contributed by atoms with Gasteiger partial charge in [0, 0.05) is 35.6 Å². The number of esters is 1. The lowest BCUT2D eigenvalue weighted by Gasteiger charge is -2.22. The van der Waals surface area contributed by atoms with Crippen LogP contribution < -0.4 is 15.8 Å². The minimum absolute atomic E-state index is 0.102. The highest BCUT2D eigenvalue weighted by Gasteiger charge is 2.22. The van der Waals surface area contributed by atoms with Gasteiger partial charge < -0.3 is 25.1 Å². The summed E-state index contributed by atoms with van der Waals surface area (Å²) in [5.74, 6) is 0.635. The van der Waals surface area contributed by atoms with Gasteiger partial charge in [-0.3, -0.25) is 9.78 Å². The van der Waals surface area contributed by atoms with Gasteiger partial charge >= 0.3 is 5.97 Å². The number of pyridine rings is 1. The third-order valence-corrected chi connectivity index (χ3v) is 6.67. The van der Waals surface area contributed by atoms with Gasteiger partial charge in [-0.15, -0.1) is 0 Å². The molecular weight excluding hydrogens is 516 g/mol. The summed E-state index contributed by atoms with van der Waals surface area (Å²) >= 11 is 6.59. The second kappa shape index (κ2) is 11.2. The van der Waals surface area contributed by atoms with E-state index in [1.165, 1.54) is 0 Å². The van der Waals surface area contributed by atoms with Crippen molar-refractivity contribution in [3.63, 3.8) is 0 Å². The predicted octanol–water partition coefficient (Wildman–Crippen LogP) is 5.22. The molecule has 0 aliphatic rings. The molecule has 3 aromatic heterocycles. The van der Waals surface area contributed by atoms with Crippen LogP contribution in [0.1, 0.15) is 50.1 Å². The number of nitrogens with two attached hydrogens (primary N) is 1. The molecule has 10 heteroatoms. The summed E-state index contributed by atoms with van der Waals surface area (Å²) in [5, 5.41) is 4.23. The van der Waals surface area contributed by atoms with Crippen molar-refractivity contribution in [1.82, 2.24) is 24.8 Å². The van der Waals surface area contributed by atoms with E-state index in [1.54, 1.807) is 20.2 Å². The van der Waals surface area contributed by atoms with Gasteiger partial charge in [0.05, 0.1) is 24.7 Å². The van der Waals surface area contributed by atoms with E-state index in [2.05, 4.69) is 20.3 Å². The number of aryl methyl sites for hydroxylation is 1. The molecule has 4 aromatic rings. The van der Waals surface area contributed by atoms with Crippen molar-refractivity contribution in [2.45, 2.75) is 66.3 Å². The van der Waals surface area contributed by atoms with Crippen molar-refractivity contribution < 1.29 is 14.3 Å². The number of halogens is 1. The molecule has 4 rings (SSSR count). The molecule has 0 amide bonds. The molecule has 9 nitrogen and oxygen atoms in total. The Labute approximate surface area is 233 Å². The SMILES string of the molecule is COc1c(C)cnc(Cn2cc(-c3ccc(CN[C@@H](C)C(=O)OC(C)(C)C)cc3)c3c(Cl)nc(N)nc32)c1C. The van der Waals surface area contributed by atoms with Crippen LogP contribution in [0, 0.1) is 13.8 Å². The standard InChI is InChI=1S/C29H35ClN6O3/c1-16-12-33-22(17(2)24(16)38-7)15-36-14-21(23-25(30)34-28(31)35-26(23)36)20-10-8-19(9-11-20)13-32-18(3)27(37)39-29(4,5)6/h8-12,14,18,32H,13,15H2,1-7H3,(H2,31,34,35)/t18-/m0/s1. The summed E-state index contributed by atoms with van der Waals surface area (Å²) in [6, 6.07) is 7.62. The molecule has 39 heavy (non-hydrogen) atoms. The maximum absolute atomic E-state index is 12.3. The van der Waals surface area contributed by atoms with E-state index in [9.17, 15) is 4.79 Å². The van der Waals surface area contributed by atoms with Crippen LogP contribution in [0.3, 0.4) is 0 Å². The van der Waals surface area contributed by atoms with Gasteiger partial charge in [-0.05, 0) is 52.7 Å². The molecule has 0 bridgehead atoms. The van der Waals surface area contributed by atoms with Crippen LogP contribution in [0.5, 0.6) is 5.75 Å². The number of rotatable bonds is 8. The van der Waals surface area contributed by atoms with Crippen LogP contribution in [0.2, 0.25) is 5.15 Å². The molecule has 0 spiro atoms. The first-order valence-corrected chi connectivity index (χ1v) is 13.1. The number of ether oxygens (including phenoxy) is 2. The summed E-state index contributed by atoms with van der Waals surface area (Å²) in [4.78, 5) is 25.6. The van der Waals surface area contributed by atoms with Crippen LogP contribution in [-0.4, -0.2) is 44.2 Å². The normalized spacial score (nSPS) is 12.5. The lowest BCUT2D eigenvalue weighted by molar-refractivity contribution is -0.157. The molecule has 206 valence electrons. The first kappa shape index (κ1) is 28.3. The summed E-state index contributed by atoms with van der Waals surface area (Å²) in [6.07, 6.45) is 3.80. The molecule has 0 fully saturated rings. The van der Waals surface area contributed by atoms with E-state index in [4.69, 9.17) is 26.8 Å². The molecule has 0 saturated heterocycles. The van der Waals surface area contributed by atoms with E-state index in [0.29, 0.717) is 24.1 Å². The zero-order chi connectivity index (χ0) is 28.5. The molecule has 0 aliphatic heterocycles. The molecule has 0 unspecified atom stereocenters. The summed E-state index contributed by atoms with van der Waals surface area (Å²) < 4.78 is 13.0.